The molecule has 2 amide bonds. The Morgan fingerprint density at radius 1 is 1.18 bits per heavy atom. The molecule has 0 spiro atoms. The number of hydrogen-bond acceptors (Lipinski definition) is 6. The summed E-state index contributed by atoms with van der Waals surface area (Å²) in [5.41, 5.74) is 4.56. The topological polar surface area (TPSA) is 108 Å². The van der Waals surface area contributed by atoms with Crippen LogP contribution in [0.5, 0.6) is 0 Å². The molecule has 1 aliphatic rings. The summed E-state index contributed by atoms with van der Waals surface area (Å²) in [6.07, 6.45) is 0.831. The van der Waals surface area contributed by atoms with E-state index >= 15 is 0 Å². The van der Waals surface area contributed by atoms with E-state index in [0.29, 0.717) is 17.8 Å². The van der Waals surface area contributed by atoms with Gasteiger partial charge in [-0.2, -0.15) is 0 Å². The average Bonchev–Trinajstić information content (AvgIpc) is 3.19. The second-order valence-corrected chi connectivity index (χ2v) is 9.45. The Morgan fingerprint density at radius 2 is 1.94 bits per heavy atom. The van der Waals surface area contributed by atoms with Crippen molar-refractivity contribution in [1.29, 1.82) is 0 Å². The second kappa shape index (κ2) is 9.19. The van der Waals surface area contributed by atoms with E-state index in [4.69, 9.17) is 0 Å². The molecule has 0 saturated heterocycles. The van der Waals surface area contributed by atoms with Crippen LogP contribution >= 0.6 is 11.8 Å². The molecule has 2 N–H and O–H groups in total. The Bertz CT molecular complexity index is 1300. The Balaban J connectivity index is 1.57. The van der Waals surface area contributed by atoms with Gasteiger partial charge in [0.15, 0.2) is 10.9 Å². The van der Waals surface area contributed by atoms with Crippen LogP contribution in [-0.2, 0) is 16.0 Å². The Labute approximate surface area is 195 Å². The molecule has 0 bridgehead atoms. The van der Waals surface area contributed by atoms with E-state index in [1.54, 1.807) is 17.9 Å². The number of para-hydroxylation sites is 1. The fourth-order valence-corrected chi connectivity index (χ4v) is 4.85. The van der Waals surface area contributed by atoms with E-state index in [9.17, 15) is 14.4 Å². The summed E-state index contributed by atoms with van der Waals surface area (Å²) in [7, 11) is 0. The number of amides is 2. The van der Waals surface area contributed by atoms with Gasteiger partial charge in [-0.1, -0.05) is 41.6 Å². The molecular weight excluding hydrogens is 438 g/mol. The molecule has 0 unspecified atom stereocenters. The van der Waals surface area contributed by atoms with Gasteiger partial charge in [-0.3, -0.25) is 19.4 Å². The molecule has 1 aliphatic heterocycles. The number of H-pyrrole nitrogens is 1. The minimum atomic E-state index is -0.455. The van der Waals surface area contributed by atoms with Crippen molar-refractivity contribution in [2.45, 2.75) is 44.5 Å². The molecule has 1 aromatic heterocycles. The van der Waals surface area contributed by atoms with Crippen molar-refractivity contribution in [1.82, 2.24) is 15.2 Å². The molecule has 3 aromatic rings. The van der Waals surface area contributed by atoms with Gasteiger partial charge in [0.2, 0.25) is 11.8 Å². The molecular formula is C24H25N5O3S. The lowest BCUT2D eigenvalue weighted by atomic mass is 10.0. The lowest BCUT2D eigenvalue weighted by molar-refractivity contribution is -0.117. The van der Waals surface area contributed by atoms with Crippen molar-refractivity contribution < 1.29 is 9.59 Å². The standard InChI is InChI=1S/C24H25N5O3S/c1-13-11-14(2)20(25-16(4)30)18(12-13)21-22(31)26-24(28-27-21)33-15(3)23(32)29-10-9-17-7-5-6-8-19(17)29/h5-8,11-12,15H,9-10H2,1-4H3,(H,25,30)(H,26,28,31)/t15-/m1/s1. The molecule has 4 rings (SSSR count). The van der Waals surface area contributed by atoms with Gasteiger partial charge in [-0.15, -0.1) is 10.2 Å². The molecule has 0 radical (unpaired) electrons. The highest BCUT2D eigenvalue weighted by molar-refractivity contribution is 8.00. The molecule has 0 fully saturated rings. The average molecular weight is 464 g/mol. The molecule has 170 valence electrons. The van der Waals surface area contributed by atoms with Gasteiger partial charge >= 0.3 is 0 Å². The normalized spacial score (nSPS) is 13.5. The highest BCUT2D eigenvalue weighted by Crippen LogP contribution is 2.32. The minimum Gasteiger partial charge on any atom is -0.325 e. The number of carbonyl (C=O) groups excluding carboxylic acids is 2. The van der Waals surface area contributed by atoms with Crippen LogP contribution < -0.4 is 15.8 Å². The highest BCUT2D eigenvalue weighted by Gasteiger charge is 2.29. The Hall–Kier alpha value is -3.46. The first-order valence-corrected chi connectivity index (χ1v) is 11.5. The van der Waals surface area contributed by atoms with E-state index in [0.717, 1.165) is 40.6 Å². The van der Waals surface area contributed by atoms with Gasteiger partial charge < -0.3 is 10.2 Å². The molecule has 33 heavy (non-hydrogen) atoms. The maximum atomic E-state index is 13.0. The monoisotopic (exact) mass is 463 g/mol. The zero-order valence-corrected chi connectivity index (χ0v) is 19.7. The quantitative estimate of drug-likeness (QED) is 0.561. The fourth-order valence-electron chi connectivity index (χ4n) is 4.05. The summed E-state index contributed by atoms with van der Waals surface area (Å²) in [6, 6.07) is 11.6. The third-order valence-electron chi connectivity index (χ3n) is 5.50. The summed E-state index contributed by atoms with van der Waals surface area (Å²) in [5.74, 6) is -0.283. The molecule has 8 nitrogen and oxygen atoms in total. The molecule has 2 heterocycles. The number of aryl methyl sites for hydroxylation is 2. The number of hydrogen-bond donors (Lipinski definition) is 2. The van der Waals surface area contributed by atoms with Crippen molar-refractivity contribution in [3.63, 3.8) is 0 Å². The lowest BCUT2D eigenvalue weighted by Crippen LogP contribution is -2.35. The number of aromatic nitrogens is 3. The summed E-state index contributed by atoms with van der Waals surface area (Å²) in [6.45, 7) is 7.61. The first-order valence-electron chi connectivity index (χ1n) is 10.7. The van der Waals surface area contributed by atoms with Crippen molar-refractivity contribution in [3.05, 3.63) is 63.4 Å². The third-order valence-corrected chi connectivity index (χ3v) is 6.46. The molecule has 2 aromatic carbocycles. The molecule has 0 aliphatic carbocycles. The van der Waals surface area contributed by atoms with Gasteiger partial charge in [0.1, 0.15) is 0 Å². The predicted octanol–water partition coefficient (Wildman–Crippen LogP) is 3.48. The van der Waals surface area contributed by atoms with Crippen LogP contribution in [0.1, 0.15) is 30.5 Å². The summed E-state index contributed by atoms with van der Waals surface area (Å²) < 4.78 is 0. The fraction of sp³-hybridized carbons (Fsp3) is 0.292. The largest absolute Gasteiger partial charge is 0.325 e. The number of anilines is 2. The molecule has 0 saturated carbocycles. The number of carbonyl (C=O) groups is 2. The van der Waals surface area contributed by atoms with E-state index < -0.39 is 10.8 Å². The first-order chi connectivity index (χ1) is 15.7. The number of aromatic amines is 1. The smallest absolute Gasteiger partial charge is 0.278 e. The highest BCUT2D eigenvalue weighted by atomic mass is 32.2. The van der Waals surface area contributed by atoms with E-state index in [-0.39, 0.29) is 22.7 Å². The van der Waals surface area contributed by atoms with Gasteiger partial charge in [-0.25, -0.2) is 0 Å². The predicted molar refractivity (Wildman–Crippen MR) is 130 cm³/mol. The van der Waals surface area contributed by atoms with Crippen LogP contribution in [0.2, 0.25) is 0 Å². The van der Waals surface area contributed by atoms with E-state index in [2.05, 4.69) is 20.5 Å². The van der Waals surface area contributed by atoms with Gasteiger partial charge in [0.05, 0.1) is 10.9 Å². The maximum Gasteiger partial charge on any atom is 0.278 e. The van der Waals surface area contributed by atoms with E-state index in [1.807, 2.05) is 44.2 Å². The van der Waals surface area contributed by atoms with Crippen LogP contribution in [0, 0.1) is 13.8 Å². The van der Waals surface area contributed by atoms with Gasteiger partial charge in [0.25, 0.3) is 5.56 Å². The molecule has 9 heteroatoms. The van der Waals surface area contributed by atoms with Gasteiger partial charge in [0, 0.05) is 24.7 Å². The number of nitrogens with zero attached hydrogens (tertiary/aromatic N) is 3. The summed E-state index contributed by atoms with van der Waals surface area (Å²) in [4.78, 5) is 42.1. The van der Waals surface area contributed by atoms with Crippen LogP contribution in [0.3, 0.4) is 0 Å². The second-order valence-electron chi connectivity index (χ2n) is 8.12. The summed E-state index contributed by atoms with van der Waals surface area (Å²) >= 11 is 1.16. The van der Waals surface area contributed by atoms with Crippen molar-refractivity contribution in [3.8, 4) is 11.3 Å². The van der Waals surface area contributed by atoms with E-state index in [1.165, 1.54) is 6.92 Å². The minimum absolute atomic E-state index is 0.0427. The van der Waals surface area contributed by atoms with Crippen molar-refractivity contribution >= 4 is 35.0 Å². The number of rotatable bonds is 5. The summed E-state index contributed by atoms with van der Waals surface area (Å²) in [5, 5.41) is 10.9. The van der Waals surface area contributed by atoms with Crippen LogP contribution in [0.4, 0.5) is 11.4 Å². The van der Waals surface area contributed by atoms with Crippen LogP contribution in [0.15, 0.2) is 46.3 Å². The first kappa shape index (κ1) is 22.7. The Morgan fingerprint density at radius 3 is 2.67 bits per heavy atom. The SMILES string of the molecule is CC(=O)Nc1c(C)cc(C)cc1-c1nnc(S[C@H](C)C(=O)N2CCc3ccccc32)[nH]c1=O. The number of fused-ring (bicyclic) bond motifs is 1. The van der Waals surface area contributed by atoms with Gasteiger partial charge in [-0.05, 0) is 50.5 Å². The zero-order chi connectivity index (χ0) is 23.7. The van der Waals surface area contributed by atoms with Crippen LogP contribution in [0.25, 0.3) is 11.3 Å². The lowest BCUT2D eigenvalue weighted by Gasteiger charge is -2.21. The Kier molecular flexibility index (Phi) is 6.33. The number of nitrogens with one attached hydrogen (secondary N) is 2. The third kappa shape index (κ3) is 4.68. The number of thioether (sulfide) groups is 1. The van der Waals surface area contributed by atoms with Crippen molar-refractivity contribution in [2.24, 2.45) is 0 Å². The zero-order valence-electron chi connectivity index (χ0n) is 18.9. The van der Waals surface area contributed by atoms with Crippen LogP contribution in [-0.4, -0.2) is 38.8 Å². The number of benzene rings is 2. The van der Waals surface area contributed by atoms with Crippen molar-refractivity contribution in [2.75, 3.05) is 16.8 Å². The molecule has 1 atom stereocenters. The maximum absolute atomic E-state index is 13.0.